The molecule has 1 radical (unpaired) electrons. The summed E-state index contributed by atoms with van der Waals surface area (Å²) in [6.45, 7) is 0. The summed E-state index contributed by atoms with van der Waals surface area (Å²) in [7, 11) is 0. The molecule has 0 aromatic heterocycles. The van der Waals surface area contributed by atoms with Gasteiger partial charge in [-0.2, -0.15) is 0 Å². The zero-order chi connectivity index (χ0) is 7.52. The molecular formula is C11H9. The van der Waals surface area contributed by atoms with E-state index in [1.165, 1.54) is 11.1 Å². The first kappa shape index (κ1) is 6.41. The predicted molar refractivity (Wildman–Crippen MR) is 46.9 cm³/mol. The van der Waals surface area contributed by atoms with Crippen LogP contribution in [-0.2, 0) is 0 Å². The third-order valence-corrected chi connectivity index (χ3v) is 1.84. The number of hydrogen-bond donors (Lipinski definition) is 0. The second-order valence-corrected chi connectivity index (χ2v) is 2.61. The Morgan fingerprint density at radius 2 is 2.09 bits per heavy atom. The van der Waals surface area contributed by atoms with E-state index in [9.17, 15) is 0 Å². The van der Waals surface area contributed by atoms with E-state index < -0.39 is 0 Å². The summed E-state index contributed by atoms with van der Waals surface area (Å²) in [5.41, 5.74) is 2.67. The number of rotatable bonds is 0. The van der Waals surface area contributed by atoms with Crippen molar-refractivity contribution in [1.29, 1.82) is 0 Å². The molecule has 2 rings (SSSR count). The van der Waals surface area contributed by atoms with Gasteiger partial charge in [0.1, 0.15) is 0 Å². The normalized spacial score (nSPS) is 20.4. The van der Waals surface area contributed by atoms with Gasteiger partial charge in [-0.3, -0.25) is 0 Å². The summed E-state index contributed by atoms with van der Waals surface area (Å²) in [5.74, 6) is 0. The Morgan fingerprint density at radius 1 is 1.09 bits per heavy atom. The lowest BCUT2D eigenvalue weighted by molar-refractivity contribution is 1.19. The summed E-state index contributed by atoms with van der Waals surface area (Å²) in [6, 6.07) is 0. The van der Waals surface area contributed by atoms with Crippen molar-refractivity contribution in [2.45, 2.75) is 6.42 Å². The highest BCUT2D eigenvalue weighted by molar-refractivity contribution is 5.48. The molecule has 11 heavy (non-hydrogen) atoms. The van der Waals surface area contributed by atoms with Crippen LogP contribution in [0.1, 0.15) is 6.42 Å². The maximum atomic E-state index is 3.17. The average Bonchev–Trinajstić information content (AvgIpc) is 2.28. The third kappa shape index (κ3) is 1.25. The summed E-state index contributed by atoms with van der Waals surface area (Å²) in [5, 5.41) is 0. The molecule has 0 aromatic carbocycles. The highest BCUT2D eigenvalue weighted by Gasteiger charge is 2.02. The van der Waals surface area contributed by atoms with Gasteiger partial charge in [0, 0.05) is 0 Å². The molecular weight excluding hydrogens is 132 g/mol. The Labute approximate surface area is 66.9 Å². The summed E-state index contributed by atoms with van der Waals surface area (Å²) in [6.07, 6.45) is 18.7. The first-order valence-electron chi connectivity index (χ1n) is 3.78. The quantitative estimate of drug-likeness (QED) is 0.486. The maximum Gasteiger partial charge on any atom is -0.00170 e. The van der Waals surface area contributed by atoms with Gasteiger partial charge in [0.2, 0.25) is 0 Å². The van der Waals surface area contributed by atoms with E-state index in [0.717, 1.165) is 6.42 Å². The van der Waals surface area contributed by atoms with Crippen molar-refractivity contribution >= 4 is 0 Å². The van der Waals surface area contributed by atoms with Crippen LogP contribution < -0.4 is 0 Å². The zero-order valence-corrected chi connectivity index (χ0v) is 6.25. The first-order valence-corrected chi connectivity index (χ1v) is 3.78. The average molecular weight is 141 g/mol. The second-order valence-electron chi connectivity index (χ2n) is 2.61. The molecule has 53 valence electrons. The summed E-state index contributed by atoms with van der Waals surface area (Å²) >= 11 is 0. The van der Waals surface area contributed by atoms with Gasteiger partial charge in [-0.05, 0) is 23.6 Å². The number of hydrogen-bond acceptors (Lipinski definition) is 0. The topological polar surface area (TPSA) is 0 Å². The molecule has 2 aliphatic rings. The van der Waals surface area contributed by atoms with Gasteiger partial charge >= 0.3 is 0 Å². The molecule has 0 aromatic rings. The molecule has 0 saturated carbocycles. The van der Waals surface area contributed by atoms with Crippen molar-refractivity contribution in [3.05, 3.63) is 59.8 Å². The van der Waals surface area contributed by atoms with Gasteiger partial charge < -0.3 is 0 Å². The Morgan fingerprint density at radius 3 is 3.09 bits per heavy atom. The van der Waals surface area contributed by atoms with Gasteiger partial charge in [0.05, 0.1) is 0 Å². The highest BCUT2D eigenvalue weighted by Crippen LogP contribution is 2.21. The van der Waals surface area contributed by atoms with Crippen molar-refractivity contribution in [3.63, 3.8) is 0 Å². The Bertz CT molecular complexity index is 296. The molecule has 0 amide bonds. The van der Waals surface area contributed by atoms with Crippen molar-refractivity contribution in [1.82, 2.24) is 0 Å². The van der Waals surface area contributed by atoms with E-state index in [1.807, 2.05) is 12.2 Å². The Kier molecular flexibility index (Phi) is 1.60. The highest BCUT2D eigenvalue weighted by atomic mass is 14.1. The maximum absolute atomic E-state index is 3.17. The van der Waals surface area contributed by atoms with Gasteiger partial charge in [-0.25, -0.2) is 0 Å². The molecule has 0 fully saturated rings. The van der Waals surface area contributed by atoms with Crippen LogP contribution in [0.2, 0.25) is 0 Å². The van der Waals surface area contributed by atoms with Crippen LogP contribution in [0.25, 0.3) is 0 Å². The van der Waals surface area contributed by atoms with Gasteiger partial charge in [0.25, 0.3) is 0 Å². The standard InChI is InChI=1S/C11H9/c1-2-6-10-8-4-5-9-11(10)7-3-1/h1-4,6-8H,9H2. The molecule has 2 aliphatic carbocycles. The Balaban J connectivity index is 2.44. The molecule has 0 saturated heterocycles. The third-order valence-electron chi connectivity index (χ3n) is 1.84. The largest absolute Gasteiger partial charge is 0.0622 e. The fourth-order valence-corrected chi connectivity index (χ4v) is 1.24. The van der Waals surface area contributed by atoms with Crippen LogP contribution in [0.15, 0.2) is 53.7 Å². The fraction of sp³-hybridized carbons (Fsp3) is 0.0909. The monoisotopic (exact) mass is 141 g/mol. The lowest BCUT2D eigenvalue weighted by Gasteiger charge is -2.06. The summed E-state index contributed by atoms with van der Waals surface area (Å²) in [4.78, 5) is 0. The van der Waals surface area contributed by atoms with E-state index in [4.69, 9.17) is 0 Å². The second kappa shape index (κ2) is 2.75. The van der Waals surface area contributed by atoms with Crippen molar-refractivity contribution < 1.29 is 0 Å². The van der Waals surface area contributed by atoms with E-state index in [1.54, 1.807) is 0 Å². The minimum absolute atomic E-state index is 0.945. The lowest BCUT2D eigenvalue weighted by atomic mass is 9.98. The van der Waals surface area contributed by atoms with Crippen molar-refractivity contribution in [3.8, 4) is 0 Å². The molecule has 0 atom stereocenters. The predicted octanol–water partition coefficient (Wildman–Crippen LogP) is 2.73. The SMILES string of the molecule is [C]1=CC=C2C=CC=CC=C2C1. The van der Waals surface area contributed by atoms with E-state index in [2.05, 4.69) is 36.5 Å². The van der Waals surface area contributed by atoms with E-state index in [-0.39, 0.29) is 0 Å². The van der Waals surface area contributed by atoms with E-state index in [0.29, 0.717) is 0 Å². The molecule has 0 nitrogen and oxygen atoms in total. The molecule has 0 unspecified atom stereocenters. The van der Waals surface area contributed by atoms with Crippen molar-refractivity contribution in [2.24, 2.45) is 0 Å². The molecule has 0 aliphatic heterocycles. The smallest absolute Gasteiger partial charge is 0.00170 e. The molecule has 0 N–H and O–H groups in total. The minimum atomic E-state index is 0.945. The van der Waals surface area contributed by atoms with Crippen LogP contribution in [-0.4, -0.2) is 0 Å². The molecule has 0 spiro atoms. The van der Waals surface area contributed by atoms with Gasteiger partial charge in [-0.15, -0.1) is 0 Å². The lowest BCUT2D eigenvalue weighted by Crippen LogP contribution is -1.88. The number of fused-ring (bicyclic) bond motifs is 1. The molecule has 0 heteroatoms. The van der Waals surface area contributed by atoms with Crippen LogP contribution >= 0.6 is 0 Å². The van der Waals surface area contributed by atoms with Crippen LogP contribution in [0, 0.1) is 6.08 Å². The van der Waals surface area contributed by atoms with Crippen LogP contribution in [0.4, 0.5) is 0 Å². The van der Waals surface area contributed by atoms with E-state index >= 15 is 0 Å². The molecule has 0 bridgehead atoms. The van der Waals surface area contributed by atoms with Gasteiger partial charge in [-0.1, -0.05) is 42.5 Å². The minimum Gasteiger partial charge on any atom is -0.0622 e. The number of allylic oxidation sites excluding steroid dienone is 10. The summed E-state index contributed by atoms with van der Waals surface area (Å²) < 4.78 is 0. The Hall–Kier alpha value is -1.30. The van der Waals surface area contributed by atoms with Crippen LogP contribution in [0.5, 0.6) is 0 Å². The zero-order valence-electron chi connectivity index (χ0n) is 6.25. The van der Waals surface area contributed by atoms with Gasteiger partial charge in [0.15, 0.2) is 0 Å². The first-order chi connectivity index (χ1) is 5.47. The van der Waals surface area contributed by atoms with Crippen molar-refractivity contribution in [2.75, 3.05) is 0 Å². The molecule has 0 heterocycles. The fourth-order valence-electron chi connectivity index (χ4n) is 1.24. The van der Waals surface area contributed by atoms with Crippen LogP contribution in [0.3, 0.4) is 0 Å².